The van der Waals surface area contributed by atoms with Crippen molar-refractivity contribution < 1.29 is 27.4 Å². The van der Waals surface area contributed by atoms with E-state index in [1.165, 1.54) is 18.5 Å². The summed E-state index contributed by atoms with van der Waals surface area (Å²) in [4.78, 5) is 20.4. The molecule has 1 aromatic carbocycles. The molecule has 2 aromatic rings. The summed E-state index contributed by atoms with van der Waals surface area (Å²) in [6.07, 6.45) is 3.64. The van der Waals surface area contributed by atoms with E-state index in [0.29, 0.717) is 17.9 Å². The largest absolute Gasteiger partial charge is 0.461 e. The number of nitrogens with one attached hydrogen (secondary N) is 1. The van der Waals surface area contributed by atoms with Crippen LogP contribution < -0.4 is 5.32 Å². The zero-order valence-electron chi connectivity index (χ0n) is 17.2. The SMILES string of the molecule is CCOC(=O)c1ncnc(NCC2CCCC(c3ccc(SC(F)(F)F)cc3)O2)c1C. The number of rotatable bonds is 7. The first kappa shape index (κ1) is 23.3. The molecule has 1 saturated heterocycles. The molecule has 2 unspecified atom stereocenters. The molecule has 0 spiro atoms. The van der Waals surface area contributed by atoms with E-state index >= 15 is 0 Å². The second kappa shape index (κ2) is 10.3. The molecule has 0 saturated carbocycles. The zero-order valence-corrected chi connectivity index (χ0v) is 18.1. The highest BCUT2D eigenvalue weighted by Crippen LogP contribution is 2.38. The maximum atomic E-state index is 12.5. The van der Waals surface area contributed by atoms with Crippen LogP contribution in [0.3, 0.4) is 0 Å². The number of ether oxygens (including phenoxy) is 2. The van der Waals surface area contributed by atoms with Crippen LogP contribution >= 0.6 is 11.8 Å². The number of carbonyl (C=O) groups excluding carboxylic acids is 1. The highest BCUT2D eigenvalue weighted by Gasteiger charge is 2.29. The van der Waals surface area contributed by atoms with Gasteiger partial charge in [-0.15, -0.1) is 0 Å². The lowest BCUT2D eigenvalue weighted by Gasteiger charge is -2.31. The molecule has 31 heavy (non-hydrogen) atoms. The van der Waals surface area contributed by atoms with Crippen LogP contribution in [0.2, 0.25) is 0 Å². The van der Waals surface area contributed by atoms with Gasteiger partial charge in [-0.1, -0.05) is 12.1 Å². The van der Waals surface area contributed by atoms with Crippen LogP contribution in [0.4, 0.5) is 19.0 Å². The second-order valence-electron chi connectivity index (χ2n) is 7.09. The van der Waals surface area contributed by atoms with Gasteiger partial charge in [-0.3, -0.25) is 0 Å². The van der Waals surface area contributed by atoms with E-state index in [1.807, 2.05) is 0 Å². The third-order valence-corrected chi connectivity index (χ3v) is 5.62. The molecule has 2 heterocycles. The van der Waals surface area contributed by atoms with Gasteiger partial charge >= 0.3 is 11.5 Å². The summed E-state index contributed by atoms with van der Waals surface area (Å²) in [6.45, 7) is 4.23. The molecular formula is C21H24F3N3O3S. The molecule has 2 atom stereocenters. The third-order valence-electron chi connectivity index (χ3n) is 4.88. The van der Waals surface area contributed by atoms with Gasteiger partial charge in [0.25, 0.3) is 0 Å². The number of nitrogens with zero attached hydrogens (tertiary/aromatic N) is 2. The van der Waals surface area contributed by atoms with Gasteiger partial charge in [-0.05, 0) is 62.6 Å². The average molecular weight is 456 g/mol. The van der Waals surface area contributed by atoms with Crippen molar-refractivity contribution in [2.45, 2.75) is 55.7 Å². The molecule has 6 nitrogen and oxygen atoms in total. The molecule has 1 aromatic heterocycles. The van der Waals surface area contributed by atoms with Gasteiger partial charge in [0.15, 0.2) is 5.69 Å². The minimum Gasteiger partial charge on any atom is -0.461 e. The number of esters is 1. The van der Waals surface area contributed by atoms with Gasteiger partial charge < -0.3 is 14.8 Å². The molecule has 0 aliphatic carbocycles. The Kier molecular flexibility index (Phi) is 7.77. The Hall–Kier alpha value is -2.33. The zero-order chi connectivity index (χ0) is 22.4. The van der Waals surface area contributed by atoms with E-state index in [9.17, 15) is 18.0 Å². The van der Waals surface area contributed by atoms with Gasteiger partial charge in [0.2, 0.25) is 0 Å². The Morgan fingerprint density at radius 3 is 2.68 bits per heavy atom. The monoisotopic (exact) mass is 455 g/mol. The van der Waals surface area contributed by atoms with Crippen molar-refractivity contribution in [3.05, 3.63) is 47.4 Å². The van der Waals surface area contributed by atoms with E-state index in [1.54, 1.807) is 26.0 Å². The summed E-state index contributed by atoms with van der Waals surface area (Å²) in [5, 5.41) is 3.21. The molecule has 3 rings (SSSR count). The summed E-state index contributed by atoms with van der Waals surface area (Å²) < 4.78 is 48.7. The first-order chi connectivity index (χ1) is 14.8. The fourth-order valence-electron chi connectivity index (χ4n) is 3.42. The van der Waals surface area contributed by atoms with Gasteiger partial charge in [-0.25, -0.2) is 14.8 Å². The molecule has 1 aliphatic heterocycles. The Labute approximate surface area is 182 Å². The van der Waals surface area contributed by atoms with E-state index < -0.39 is 11.5 Å². The predicted octanol–water partition coefficient (Wildman–Crippen LogP) is 5.30. The molecule has 1 N–H and O–H groups in total. The smallest absolute Gasteiger partial charge is 0.446 e. The topological polar surface area (TPSA) is 73.3 Å². The fourth-order valence-corrected chi connectivity index (χ4v) is 3.96. The normalized spacial score (nSPS) is 19.1. The van der Waals surface area contributed by atoms with Gasteiger partial charge in [0, 0.05) is 17.0 Å². The van der Waals surface area contributed by atoms with Crippen molar-refractivity contribution >= 4 is 23.5 Å². The summed E-state index contributed by atoms with van der Waals surface area (Å²) in [7, 11) is 0. The number of aromatic nitrogens is 2. The van der Waals surface area contributed by atoms with Crippen molar-refractivity contribution in [1.29, 1.82) is 0 Å². The number of hydrogen-bond acceptors (Lipinski definition) is 7. The van der Waals surface area contributed by atoms with Crippen molar-refractivity contribution in [1.82, 2.24) is 9.97 Å². The quantitative estimate of drug-likeness (QED) is 0.449. The molecule has 0 radical (unpaired) electrons. The van der Waals surface area contributed by atoms with Gasteiger partial charge in [0.1, 0.15) is 12.1 Å². The Morgan fingerprint density at radius 1 is 1.26 bits per heavy atom. The molecule has 0 amide bonds. The van der Waals surface area contributed by atoms with E-state index in [4.69, 9.17) is 9.47 Å². The lowest BCUT2D eigenvalue weighted by molar-refractivity contribution is -0.0442. The molecule has 1 aliphatic rings. The number of hydrogen-bond donors (Lipinski definition) is 1. The van der Waals surface area contributed by atoms with Crippen molar-refractivity contribution in [3.63, 3.8) is 0 Å². The third kappa shape index (κ3) is 6.57. The van der Waals surface area contributed by atoms with Gasteiger partial charge in [0.05, 0.1) is 18.8 Å². The van der Waals surface area contributed by atoms with Crippen molar-refractivity contribution in [2.75, 3.05) is 18.5 Å². The Balaban J connectivity index is 1.59. The molecule has 10 heteroatoms. The number of thioether (sulfide) groups is 1. The number of anilines is 1. The highest BCUT2D eigenvalue weighted by molar-refractivity contribution is 8.00. The van der Waals surface area contributed by atoms with Crippen molar-refractivity contribution in [2.24, 2.45) is 0 Å². The predicted molar refractivity (Wildman–Crippen MR) is 111 cm³/mol. The maximum Gasteiger partial charge on any atom is 0.446 e. The Bertz CT molecular complexity index is 894. The van der Waals surface area contributed by atoms with E-state index in [-0.39, 0.29) is 41.2 Å². The van der Waals surface area contributed by atoms with Crippen LogP contribution in [-0.4, -0.2) is 40.7 Å². The van der Waals surface area contributed by atoms with Crippen LogP contribution in [0, 0.1) is 6.92 Å². The van der Waals surface area contributed by atoms with Crippen LogP contribution in [0.5, 0.6) is 0 Å². The van der Waals surface area contributed by atoms with Crippen LogP contribution in [0.1, 0.15) is 53.9 Å². The second-order valence-corrected chi connectivity index (χ2v) is 8.23. The van der Waals surface area contributed by atoms with E-state index in [2.05, 4.69) is 15.3 Å². The summed E-state index contributed by atoms with van der Waals surface area (Å²) in [5.74, 6) is 0.0452. The number of benzene rings is 1. The summed E-state index contributed by atoms with van der Waals surface area (Å²) >= 11 is -0.126. The summed E-state index contributed by atoms with van der Waals surface area (Å²) in [5.41, 5.74) is -2.62. The molecular weight excluding hydrogens is 431 g/mol. The first-order valence-electron chi connectivity index (χ1n) is 10.0. The van der Waals surface area contributed by atoms with Crippen LogP contribution in [0.15, 0.2) is 35.5 Å². The Morgan fingerprint density at radius 2 is 2.00 bits per heavy atom. The average Bonchev–Trinajstić information content (AvgIpc) is 2.73. The first-order valence-corrected chi connectivity index (χ1v) is 10.8. The lowest BCUT2D eigenvalue weighted by atomic mass is 9.98. The minimum absolute atomic E-state index is 0.0941. The highest BCUT2D eigenvalue weighted by atomic mass is 32.2. The van der Waals surface area contributed by atoms with Crippen LogP contribution in [0.25, 0.3) is 0 Å². The number of halogens is 3. The minimum atomic E-state index is -4.30. The number of carbonyl (C=O) groups is 1. The van der Waals surface area contributed by atoms with Crippen molar-refractivity contribution in [3.8, 4) is 0 Å². The van der Waals surface area contributed by atoms with Gasteiger partial charge in [-0.2, -0.15) is 13.2 Å². The standard InChI is InChI=1S/C21H24F3N3O3S/c1-3-29-20(28)18-13(2)19(27-12-26-18)25-11-15-5-4-6-17(30-15)14-7-9-16(10-8-14)31-21(22,23)24/h7-10,12,15,17H,3-6,11H2,1-2H3,(H,25,26,27). The summed E-state index contributed by atoms with van der Waals surface area (Å²) in [6, 6.07) is 6.32. The maximum absolute atomic E-state index is 12.5. The molecule has 168 valence electrons. The van der Waals surface area contributed by atoms with E-state index in [0.717, 1.165) is 24.8 Å². The molecule has 0 bridgehead atoms. The fraction of sp³-hybridized carbons (Fsp3) is 0.476. The van der Waals surface area contributed by atoms with Crippen LogP contribution in [-0.2, 0) is 9.47 Å². The number of alkyl halides is 3. The lowest BCUT2D eigenvalue weighted by Crippen LogP contribution is -2.29. The molecule has 1 fully saturated rings.